The van der Waals surface area contributed by atoms with Crippen molar-refractivity contribution in [3.63, 3.8) is 0 Å². The summed E-state index contributed by atoms with van der Waals surface area (Å²) in [6.07, 6.45) is 0.828. The number of rotatable bonds is 0. The molecule has 1 aliphatic heterocycles. The Balaban J connectivity index is 2.59. The molecule has 2 rings (SSSR count). The average molecular weight is 230 g/mol. The van der Waals surface area contributed by atoms with Crippen LogP contribution in [0.25, 0.3) is 0 Å². The molecule has 1 nitrogen and oxygen atoms in total. The van der Waals surface area contributed by atoms with Crippen LogP contribution in [0.3, 0.4) is 0 Å². The van der Waals surface area contributed by atoms with E-state index in [-0.39, 0.29) is 0 Å². The van der Waals surface area contributed by atoms with Crippen molar-refractivity contribution < 1.29 is 0 Å². The van der Waals surface area contributed by atoms with Gasteiger partial charge in [0.25, 0.3) is 0 Å². The largest absolute Gasteiger partial charge is 0.245 e. The normalized spacial score (nSPS) is 14.5. The predicted octanol–water partition coefficient (Wildman–Crippen LogP) is 3.32. The zero-order valence-corrected chi connectivity index (χ0v) is 7.98. The van der Waals surface area contributed by atoms with Crippen LogP contribution in [0.1, 0.15) is 5.56 Å². The van der Waals surface area contributed by atoms with Crippen molar-refractivity contribution in [3.8, 4) is 0 Å². The van der Waals surface area contributed by atoms with Crippen molar-refractivity contribution >= 4 is 37.8 Å². The van der Waals surface area contributed by atoms with Crippen molar-refractivity contribution in [2.24, 2.45) is 4.99 Å². The van der Waals surface area contributed by atoms with E-state index in [4.69, 9.17) is 11.6 Å². The smallest absolute Gasteiger partial charge is 0.0881 e. The Morgan fingerprint density at radius 1 is 1.45 bits per heavy atom. The summed E-state index contributed by atoms with van der Waals surface area (Å²) in [6.45, 7) is 0. The van der Waals surface area contributed by atoms with Crippen molar-refractivity contribution in [1.29, 1.82) is 0 Å². The highest BCUT2D eigenvalue weighted by molar-refractivity contribution is 9.18. The van der Waals surface area contributed by atoms with Gasteiger partial charge in [-0.25, -0.2) is 4.99 Å². The Kier molecular flexibility index (Phi) is 1.74. The number of fused-ring (bicyclic) bond motifs is 1. The van der Waals surface area contributed by atoms with Crippen molar-refractivity contribution in [3.05, 3.63) is 28.8 Å². The molecule has 0 fully saturated rings. The van der Waals surface area contributed by atoms with E-state index in [1.54, 1.807) is 0 Å². The quantitative estimate of drug-likeness (QED) is 0.648. The number of hydrogen-bond acceptors (Lipinski definition) is 1. The van der Waals surface area contributed by atoms with Gasteiger partial charge in [0, 0.05) is 17.0 Å². The highest BCUT2D eigenvalue weighted by atomic mass is 79.9. The molecule has 1 aliphatic rings. The summed E-state index contributed by atoms with van der Waals surface area (Å²) >= 11 is 9.29. The number of aliphatic imine (C=N–C) groups is 1. The lowest BCUT2D eigenvalue weighted by Crippen LogP contribution is -1.85. The summed E-state index contributed by atoms with van der Waals surface area (Å²) < 4.78 is 0.959. The van der Waals surface area contributed by atoms with E-state index in [1.165, 1.54) is 0 Å². The molecule has 0 aliphatic carbocycles. The second kappa shape index (κ2) is 2.61. The van der Waals surface area contributed by atoms with Gasteiger partial charge in [-0.3, -0.25) is 0 Å². The minimum absolute atomic E-state index is 0.806. The van der Waals surface area contributed by atoms with Crippen molar-refractivity contribution in [1.82, 2.24) is 0 Å². The van der Waals surface area contributed by atoms with Gasteiger partial charge in [-0.15, -0.1) is 0 Å². The fourth-order valence-corrected chi connectivity index (χ4v) is 1.85. The number of nitrogens with zero attached hydrogens (tertiary/aromatic N) is 1. The maximum atomic E-state index is 5.94. The summed E-state index contributed by atoms with van der Waals surface area (Å²) in [4.78, 5) is 4.26. The molecule has 1 aromatic rings. The van der Waals surface area contributed by atoms with Gasteiger partial charge in [0.05, 0.1) is 10.3 Å². The maximum absolute atomic E-state index is 5.94. The first-order valence-electron chi connectivity index (χ1n) is 3.28. The van der Waals surface area contributed by atoms with Gasteiger partial charge >= 0.3 is 0 Å². The van der Waals surface area contributed by atoms with E-state index >= 15 is 0 Å². The van der Waals surface area contributed by atoms with E-state index in [0.29, 0.717) is 0 Å². The first-order valence-corrected chi connectivity index (χ1v) is 4.45. The van der Waals surface area contributed by atoms with E-state index in [2.05, 4.69) is 20.9 Å². The molecule has 56 valence electrons. The van der Waals surface area contributed by atoms with Gasteiger partial charge in [-0.1, -0.05) is 17.7 Å². The molecule has 3 heteroatoms. The molecular weight excluding hydrogens is 225 g/mol. The second-order valence-electron chi connectivity index (χ2n) is 2.40. The first kappa shape index (κ1) is 7.32. The van der Waals surface area contributed by atoms with Gasteiger partial charge in [-0.05, 0) is 28.1 Å². The molecular formula is C8H5BrClN. The Labute approximate surface area is 78.2 Å². The molecule has 0 saturated heterocycles. The van der Waals surface area contributed by atoms with Gasteiger partial charge in [0.15, 0.2) is 0 Å². The van der Waals surface area contributed by atoms with Crippen LogP contribution < -0.4 is 0 Å². The standard InChI is InChI=1S/C8H5BrClN/c9-8-4-5-6(10)2-1-3-7(5)11-8/h1-3H,4H2. The summed E-state index contributed by atoms with van der Waals surface area (Å²) in [7, 11) is 0. The molecule has 0 aromatic heterocycles. The summed E-state index contributed by atoms with van der Waals surface area (Å²) in [5, 5.41) is 0.806. The van der Waals surface area contributed by atoms with Crippen LogP contribution in [0.5, 0.6) is 0 Å². The van der Waals surface area contributed by atoms with E-state index in [9.17, 15) is 0 Å². The van der Waals surface area contributed by atoms with Crippen LogP contribution in [-0.2, 0) is 6.42 Å². The van der Waals surface area contributed by atoms with Gasteiger partial charge < -0.3 is 0 Å². The molecule has 0 amide bonds. The predicted molar refractivity (Wildman–Crippen MR) is 51.2 cm³/mol. The molecule has 11 heavy (non-hydrogen) atoms. The number of halogens is 2. The fraction of sp³-hybridized carbons (Fsp3) is 0.125. The van der Waals surface area contributed by atoms with Crippen LogP contribution >= 0.6 is 27.5 Å². The lowest BCUT2D eigenvalue weighted by atomic mass is 10.2. The summed E-state index contributed by atoms with van der Waals surface area (Å²) in [5.74, 6) is 0. The third-order valence-electron chi connectivity index (χ3n) is 1.66. The van der Waals surface area contributed by atoms with Crippen molar-refractivity contribution in [2.75, 3.05) is 0 Å². The third-order valence-corrected chi connectivity index (χ3v) is 2.47. The Hall–Kier alpha value is -0.340. The molecule has 0 saturated carbocycles. The Morgan fingerprint density at radius 2 is 2.27 bits per heavy atom. The summed E-state index contributed by atoms with van der Waals surface area (Å²) in [5.41, 5.74) is 2.12. The number of benzene rings is 1. The Bertz CT molecular complexity index is 333. The van der Waals surface area contributed by atoms with Crippen LogP contribution in [0.15, 0.2) is 23.2 Å². The van der Waals surface area contributed by atoms with Gasteiger partial charge in [0.2, 0.25) is 0 Å². The van der Waals surface area contributed by atoms with Crippen LogP contribution in [0.4, 0.5) is 5.69 Å². The monoisotopic (exact) mass is 229 g/mol. The summed E-state index contributed by atoms with van der Waals surface area (Å²) in [6, 6.07) is 5.77. The molecule has 0 radical (unpaired) electrons. The fourth-order valence-electron chi connectivity index (χ4n) is 1.14. The SMILES string of the molecule is Clc1cccc2c1CC(Br)=N2. The second-order valence-corrected chi connectivity index (χ2v) is 3.72. The molecule has 0 bridgehead atoms. The first-order chi connectivity index (χ1) is 5.27. The van der Waals surface area contributed by atoms with E-state index in [0.717, 1.165) is 27.3 Å². The highest BCUT2D eigenvalue weighted by Crippen LogP contribution is 2.33. The zero-order chi connectivity index (χ0) is 7.84. The van der Waals surface area contributed by atoms with Gasteiger partial charge in [0.1, 0.15) is 0 Å². The molecule has 0 unspecified atom stereocenters. The highest BCUT2D eigenvalue weighted by Gasteiger charge is 2.14. The molecule has 0 atom stereocenters. The molecule has 0 spiro atoms. The van der Waals surface area contributed by atoms with E-state index < -0.39 is 0 Å². The topological polar surface area (TPSA) is 12.4 Å². The molecule has 0 N–H and O–H groups in total. The lowest BCUT2D eigenvalue weighted by Gasteiger charge is -1.97. The van der Waals surface area contributed by atoms with Crippen LogP contribution in [0.2, 0.25) is 5.02 Å². The van der Waals surface area contributed by atoms with Crippen LogP contribution in [-0.4, -0.2) is 4.62 Å². The minimum Gasteiger partial charge on any atom is -0.245 e. The van der Waals surface area contributed by atoms with Crippen LogP contribution in [0, 0.1) is 0 Å². The minimum atomic E-state index is 0.806. The van der Waals surface area contributed by atoms with E-state index in [1.807, 2.05) is 18.2 Å². The number of hydrogen-bond donors (Lipinski definition) is 0. The molecule has 1 aromatic carbocycles. The zero-order valence-electron chi connectivity index (χ0n) is 5.64. The third kappa shape index (κ3) is 1.21. The Morgan fingerprint density at radius 3 is 3.00 bits per heavy atom. The van der Waals surface area contributed by atoms with Crippen molar-refractivity contribution in [2.45, 2.75) is 6.42 Å². The average Bonchev–Trinajstić information content (AvgIpc) is 2.31. The van der Waals surface area contributed by atoms with Gasteiger partial charge in [-0.2, -0.15) is 0 Å². The molecule has 1 heterocycles. The lowest BCUT2D eigenvalue weighted by molar-refractivity contribution is 1.41. The maximum Gasteiger partial charge on any atom is 0.0881 e.